The molecule has 2 fully saturated rings. The van der Waals surface area contributed by atoms with E-state index in [0.717, 1.165) is 45.6 Å². The number of aromatic nitrogens is 1. The lowest BCUT2D eigenvalue weighted by atomic mass is 10.0. The average molecular weight is 347 g/mol. The van der Waals surface area contributed by atoms with Gasteiger partial charge in [-0.1, -0.05) is 0 Å². The summed E-state index contributed by atoms with van der Waals surface area (Å²) < 4.78 is 0. The van der Waals surface area contributed by atoms with Crippen LogP contribution >= 0.6 is 0 Å². The average Bonchev–Trinajstić information content (AvgIpc) is 2.67. The van der Waals surface area contributed by atoms with Crippen molar-refractivity contribution in [3.8, 4) is 5.75 Å². The number of likely N-dealkylation sites (tertiary alicyclic amines) is 1. The van der Waals surface area contributed by atoms with Crippen molar-refractivity contribution < 1.29 is 14.7 Å². The summed E-state index contributed by atoms with van der Waals surface area (Å²) in [5.41, 5.74) is -0.0624. The molecule has 2 aliphatic heterocycles. The lowest BCUT2D eigenvalue weighted by Crippen LogP contribution is -2.55. The van der Waals surface area contributed by atoms with Gasteiger partial charge in [0.25, 0.3) is 5.91 Å². The van der Waals surface area contributed by atoms with Crippen molar-refractivity contribution in [3.63, 3.8) is 0 Å². The van der Waals surface area contributed by atoms with Gasteiger partial charge in [0, 0.05) is 51.5 Å². The van der Waals surface area contributed by atoms with E-state index in [1.54, 1.807) is 6.07 Å². The smallest absolute Gasteiger partial charge is 0.274 e. The van der Waals surface area contributed by atoms with E-state index in [0.29, 0.717) is 12.6 Å². The molecule has 1 unspecified atom stereocenters. The standard InChI is InChI=1S/C17H25N5O3/c23-14-4-1-5-19-16(14)17(25)20-11-15(24)22-8-2-3-13(12-22)21-9-6-18-7-10-21/h1,4-5,13,18,23H,2-3,6-12H2,(H,20,25). The number of piperidine rings is 1. The molecule has 1 atom stereocenters. The molecule has 2 amide bonds. The topological polar surface area (TPSA) is 97.8 Å². The summed E-state index contributed by atoms with van der Waals surface area (Å²) >= 11 is 0. The van der Waals surface area contributed by atoms with Crippen LogP contribution in [0.4, 0.5) is 0 Å². The normalized spacial score (nSPS) is 21.8. The molecule has 8 heteroatoms. The fraction of sp³-hybridized carbons (Fsp3) is 0.588. The molecular weight excluding hydrogens is 322 g/mol. The Morgan fingerprint density at radius 1 is 1.32 bits per heavy atom. The molecule has 25 heavy (non-hydrogen) atoms. The molecule has 8 nitrogen and oxygen atoms in total. The Morgan fingerprint density at radius 3 is 2.88 bits per heavy atom. The Kier molecular flexibility index (Phi) is 5.83. The summed E-state index contributed by atoms with van der Waals surface area (Å²) in [6.45, 7) is 5.38. The molecule has 136 valence electrons. The Morgan fingerprint density at radius 2 is 2.12 bits per heavy atom. The summed E-state index contributed by atoms with van der Waals surface area (Å²) in [5.74, 6) is -0.824. The fourth-order valence-electron chi connectivity index (χ4n) is 3.45. The van der Waals surface area contributed by atoms with Crippen LogP contribution in [0, 0.1) is 0 Å². The fourth-order valence-corrected chi connectivity index (χ4v) is 3.45. The molecular formula is C17H25N5O3. The summed E-state index contributed by atoms with van der Waals surface area (Å²) in [4.78, 5) is 32.6. The lowest BCUT2D eigenvalue weighted by molar-refractivity contribution is -0.132. The second-order valence-electron chi connectivity index (χ2n) is 6.48. The first kappa shape index (κ1) is 17.6. The number of nitrogens with zero attached hydrogens (tertiary/aromatic N) is 3. The largest absolute Gasteiger partial charge is 0.505 e. The van der Waals surface area contributed by atoms with Crippen molar-refractivity contribution in [2.24, 2.45) is 0 Å². The van der Waals surface area contributed by atoms with Gasteiger partial charge >= 0.3 is 0 Å². The van der Waals surface area contributed by atoms with Crippen molar-refractivity contribution in [2.45, 2.75) is 18.9 Å². The summed E-state index contributed by atoms with van der Waals surface area (Å²) in [7, 11) is 0. The van der Waals surface area contributed by atoms with E-state index in [9.17, 15) is 14.7 Å². The first-order chi connectivity index (χ1) is 12.1. The van der Waals surface area contributed by atoms with Crippen LogP contribution in [0.5, 0.6) is 5.75 Å². The Hall–Kier alpha value is -2.19. The SMILES string of the molecule is O=C(NCC(=O)N1CCCC(N2CCNCC2)C1)c1ncccc1O. The zero-order chi connectivity index (χ0) is 17.6. The number of hydrogen-bond donors (Lipinski definition) is 3. The quantitative estimate of drug-likeness (QED) is 0.674. The van der Waals surface area contributed by atoms with Crippen LogP contribution in [0.3, 0.4) is 0 Å². The molecule has 0 saturated carbocycles. The third kappa shape index (κ3) is 4.46. The van der Waals surface area contributed by atoms with Crippen molar-refractivity contribution in [1.29, 1.82) is 0 Å². The molecule has 1 aromatic heterocycles. The maximum absolute atomic E-state index is 12.4. The number of amides is 2. The highest BCUT2D eigenvalue weighted by atomic mass is 16.3. The summed E-state index contributed by atoms with van der Waals surface area (Å²) in [5, 5.41) is 15.5. The molecule has 0 aromatic carbocycles. The number of carbonyl (C=O) groups excluding carboxylic acids is 2. The van der Waals surface area contributed by atoms with Gasteiger partial charge < -0.3 is 20.6 Å². The highest BCUT2D eigenvalue weighted by Gasteiger charge is 2.28. The van der Waals surface area contributed by atoms with Gasteiger partial charge in [0.1, 0.15) is 5.75 Å². The first-order valence-corrected chi connectivity index (χ1v) is 8.80. The van der Waals surface area contributed by atoms with Gasteiger partial charge in [-0.15, -0.1) is 0 Å². The van der Waals surface area contributed by atoms with E-state index in [1.165, 1.54) is 12.3 Å². The predicted molar refractivity (Wildman–Crippen MR) is 92.3 cm³/mol. The third-order valence-corrected chi connectivity index (χ3v) is 4.82. The van der Waals surface area contributed by atoms with Crippen LogP contribution in [-0.2, 0) is 4.79 Å². The van der Waals surface area contributed by atoms with Gasteiger partial charge in [-0.25, -0.2) is 4.98 Å². The van der Waals surface area contributed by atoms with E-state index in [-0.39, 0.29) is 23.9 Å². The number of aromatic hydroxyl groups is 1. The Bertz CT molecular complexity index is 618. The van der Waals surface area contributed by atoms with Gasteiger partial charge in [0.15, 0.2) is 5.69 Å². The molecule has 3 heterocycles. The zero-order valence-corrected chi connectivity index (χ0v) is 14.3. The number of piperazine rings is 1. The van der Waals surface area contributed by atoms with Gasteiger partial charge in [-0.3, -0.25) is 14.5 Å². The van der Waals surface area contributed by atoms with Crippen LogP contribution < -0.4 is 10.6 Å². The number of rotatable bonds is 4. The number of hydrogen-bond acceptors (Lipinski definition) is 6. The van der Waals surface area contributed by atoms with Crippen LogP contribution in [0.25, 0.3) is 0 Å². The minimum Gasteiger partial charge on any atom is -0.505 e. The van der Waals surface area contributed by atoms with Crippen LogP contribution in [-0.4, -0.2) is 83.6 Å². The minimum atomic E-state index is -0.540. The molecule has 0 bridgehead atoms. The second-order valence-corrected chi connectivity index (χ2v) is 6.48. The van der Waals surface area contributed by atoms with Gasteiger partial charge in [-0.2, -0.15) is 0 Å². The van der Waals surface area contributed by atoms with Crippen molar-refractivity contribution in [2.75, 3.05) is 45.8 Å². The van der Waals surface area contributed by atoms with Crippen LogP contribution in [0.15, 0.2) is 18.3 Å². The van der Waals surface area contributed by atoms with E-state index < -0.39 is 5.91 Å². The molecule has 2 saturated heterocycles. The number of pyridine rings is 1. The van der Waals surface area contributed by atoms with Crippen molar-refractivity contribution in [3.05, 3.63) is 24.0 Å². The van der Waals surface area contributed by atoms with E-state index in [2.05, 4.69) is 20.5 Å². The van der Waals surface area contributed by atoms with Crippen LogP contribution in [0.2, 0.25) is 0 Å². The minimum absolute atomic E-state index is 0.0624. The molecule has 3 N–H and O–H groups in total. The number of carbonyl (C=O) groups is 2. The maximum Gasteiger partial charge on any atom is 0.274 e. The summed E-state index contributed by atoms with van der Waals surface area (Å²) in [6, 6.07) is 3.34. The van der Waals surface area contributed by atoms with Gasteiger partial charge in [0.05, 0.1) is 6.54 Å². The predicted octanol–water partition coefficient (Wildman–Crippen LogP) is -0.587. The molecule has 0 aliphatic carbocycles. The van der Waals surface area contributed by atoms with Crippen LogP contribution in [0.1, 0.15) is 23.3 Å². The molecule has 0 spiro atoms. The highest BCUT2D eigenvalue weighted by molar-refractivity contribution is 5.96. The second kappa shape index (κ2) is 8.26. The van der Waals surface area contributed by atoms with Crippen molar-refractivity contribution in [1.82, 2.24) is 25.4 Å². The molecule has 0 radical (unpaired) electrons. The molecule has 2 aliphatic rings. The van der Waals surface area contributed by atoms with Gasteiger partial charge in [0.2, 0.25) is 5.91 Å². The summed E-state index contributed by atoms with van der Waals surface area (Å²) in [6.07, 6.45) is 3.52. The van der Waals surface area contributed by atoms with E-state index in [4.69, 9.17) is 0 Å². The molecule has 1 aromatic rings. The Balaban J connectivity index is 1.50. The zero-order valence-electron chi connectivity index (χ0n) is 14.3. The van der Waals surface area contributed by atoms with E-state index in [1.807, 2.05) is 4.90 Å². The monoisotopic (exact) mass is 347 g/mol. The maximum atomic E-state index is 12.4. The Labute approximate surface area is 147 Å². The van der Waals surface area contributed by atoms with E-state index >= 15 is 0 Å². The highest BCUT2D eigenvalue weighted by Crippen LogP contribution is 2.17. The van der Waals surface area contributed by atoms with Crippen molar-refractivity contribution >= 4 is 11.8 Å². The number of nitrogens with one attached hydrogen (secondary N) is 2. The van der Waals surface area contributed by atoms with Gasteiger partial charge in [-0.05, 0) is 25.0 Å². The lowest BCUT2D eigenvalue weighted by Gasteiger charge is -2.41. The molecule has 3 rings (SSSR count). The first-order valence-electron chi connectivity index (χ1n) is 8.80. The third-order valence-electron chi connectivity index (χ3n) is 4.82.